The van der Waals surface area contributed by atoms with E-state index in [1.54, 1.807) is 0 Å². The van der Waals surface area contributed by atoms with Gasteiger partial charge in [-0.05, 0) is 49.9 Å². The average molecular weight is 268 g/mol. The van der Waals surface area contributed by atoms with E-state index in [2.05, 4.69) is 11.2 Å². The van der Waals surface area contributed by atoms with E-state index >= 15 is 0 Å². The summed E-state index contributed by atoms with van der Waals surface area (Å²) in [7, 11) is 0. The van der Waals surface area contributed by atoms with Crippen LogP contribution in [0.5, 0.6) is 0 Å². The van der Waals surface area contributed by atoms with Crippen molar-refractivity contribution in [3.05, 3.63) is 35.6 Å². The van der Waals surface area contributed by atoms with Crippen molar-refractivity contribution >= 4 is 11.8 Å². The Bertz CT molecular complexity index is 361. The minimum Gasteiger partial charge on any atom is -0.329 e. The SMILES string of the molecule is CSC1CCN(C(CN)c2ccc(F)cc2)CC1. The van der Waals surface area contributed by atoms with E-state index in [9.17, 15) is 4.39 Å². The van der Waals surface area contributed by atoms with Crippen LogP contribution in [-0.4, -0.2) is 36.0 Å². The monoisotopic (exact) mass is 268 g/mol. The van der Waals surface area contributed by atoms with Crippen LogP contribution in [0.2, 0.25) is 0 Å². The van der Waals surface area contributed by atoms with Crippen LogP contribution in [0.3, 0.4) is 0 Å². The zero-order valence-electron chi connectivity index (χ0n) is 10.8. The molecular weight excluding hydrogens is 247 g/mol. The summed E-state index contributed by atoms with van der Waals surface area (Å²) in [5.41, 5.74) is 7.03. The fourth-order valence-corrected chi connectivity index (χ4v) is 3.29. The highest BCUT2D eigenvalue weighted by atomic mass is 32.2. The summed E-state index contributed by atoms with van der Waals surface area (Å²) in [6, 6.07) is 6.98. The maximum Gasteiger partial charge on any atom is 0.123 e. The number of piperidine rings is 1. The molecule has 1 aromatic rings. The molecule has 1 atom stereocenters. The Morgan fingerprint density at radius 1 is 1.33 bits per heavy atom. The Hall–Kier alpha value is -0.580. The Kier molecular flexibility index (Phi) is 5.03. The van der Waals surface area contributed by atoms with Gasteiger partial charge in [-0.3, -0.25) is 4.90 Å². The molecule has 0 saturated carbocycles. The molecule has 100 valence electrons. The number of halogens is 1. The van der Waals surface area contributed by atoms with Gasteiger partial charge in [0, 0.05) is 17.8 Å². The van der Waals surface area contributed by atoms with Gasteiger partial charge < -0.3 is 5.73 Å². The van der Waals surface area contributed by atoms with Gasteiger partial charge in [0.2, 0.25) is 0 Å². The second-order valence-electron chi connectivity index (χ2n) is 4.77. The Morgan fingerprint density at radius 3 is 2.44 bits per heavy atom. The summed E-state index contributed by atoms with van der Waals surface area (Å²) in [5, 5.41) is 0.785. The molecule has 1 fully saturated rings. The summed E-state index contributed by atoms with van der Waals surface area (Å²) in [6.45, 7) is 2.77. The predicted molar refractivity (Wildman–Crippen MR) is 76.3 cm³/mol. The van der Waals surface area contributed by atoms with Gasteiger partial charge in [-0.25, -0.2) is 4.39 Å². The Balaban J connectivity index is 2.03. The van der Waals surface area contributed by atoms with Crippen LogP contribution >= 0.6 is 11.8 Å². The molecule has 2 rings (SSSR count). The molecular formula is C14H21FN2S. The van der Waals surface area contributed by atoms with Crippen molar-refractivity contribution in [2.24, 2.45) is 5.73 Å². The van der Waals surface area contributed by atoms with E-state index in [4.69, 9.17) is 5.73 Å². The van der Waals surface area contributed by atoms with Gasteiger partial charge in [0.25, 0.3) is 0 Å². The van der Waals surface area contributed by atoms with E-state index < -0.39 is 0 Å². The molecule has 1 aliphatic heterocycles. The third kappa shape index (κ3) is 3.25. The predicted octanol–water partition coefficient (Wildman–Crippen LogP) is 2.65. The molecule has 0 radical (unpaired) electrons. The van der Waals surface area contributed by atoms with Crippen LogP contribution in [0.15, 0.2) is 24.3 Å². The number of nitrogens with zero attached hydrogens (tertiary/aromatic N) is 1. The number of rotatable bonds is 4. The second-order valence-corrected chi connectivity index (χ2v) is 5.91. The third-order valence-electron chi connectivity index (χ3n) is 3.73. The number of nitrogens with two attached hydrogens (primary N) is 1. The number of thioether (sulfide) groups is 1. The number of hydrogen-bond donors (Lipinski definition) is 1. The lowest BCUT2D eigenvalue weighted by atomic mass is 10.0. The molecule has 0 bridgehead atoms. The highest BCUT2D eigenvalue weighted by Crippen LogP contribution is 2.27. The molecule has 1 aliphatic rings. The summed E-state index contributed by atoms with van der Waals surface area (Å²) < 4.78 is 12.9. The Labute approximate surface area is 113 Å². The smallest absolute Gasteiger partial charge is 0.123 e. The largest absolute Gasteiger partial charge is 0.329 e. The molecule has 0 aromatic heterocycles. The lowest BCUT2D eigenvalue weighted by molar-refractivity contribution is 0.170. The molecule has 2 nitrogen and oxygen atoms in total. The van der Waals surface area contributed by atoms with E-state index in [1.807, 2.05) is 23.9 Å². The lowest BCUT2D eigenvalue weighted by Gasteiger charge is -2.36. The maximum absolute atomic E-state index is 12.9. The van der Waals surface area contributed by atoms with Gasteiger partial charge in [-0.1, -0.05) is 12.1 Å². The van der Waals surface area contributed by atoms with Gasteiger partial charge in [0.05, 0.1) is 0 Å². The van der Waals surface area contributed by atoms with Crippen molar-refractivity contribution in [3.63, 3.8) is 0 Å². The van der Waals surface area contributed by atoms with Crippen LogP contribution in [-0.2, 0) is 0 Å². The van der Waals surface area contributed by atoms with Crippen LogP contribution < -0.4 is 5.73 Å². The summed E-state index contributed by atoms with van der Waals surface area (Å²) in [6.07, 6.45) is 4.62. The van der Waals surface area contributed by atoms with Crippen molar-refractivity contribution < 1.29 is 4.39 Å². The summed E-state index contributed by atoms with van der Waals surface area (Å²) in [5.74, 6) is -0.185. The van der Waals surface area contributed by atoms with Crippen molar-refractivity contribution in [2.75, 3.05) is 25.9 Å². The second kappa shape index (κ2) is 6.55. The van der Waals surface area contributed by atoms with Crippen molar-refractivity contribution in [1.29, 1.82) is 0 Å². The topological polar surface area (TPSA) is 29.3 Å². The molecule has 1 aromatic carbocycles. The van der Waals surface area contributed by atoms with E-state index in [0.717, 1.165) is 23.9 Å². The highest BCUT2D eigenvalue weighted by Gasteiger charge is 2.24. The highest BCUT2D eigenvalue weighted by molar-refractivity contribution is 7.99. The zero-order valence-corrected chi connectivity index (χ0v) is 11.6. The summed E-state index contributed by atoms with van der Waals surface area (Å²) >= 11 is 1.96. The van der Waals surface area contributed by atoms with E-state index in [0.29, 0.717) is 6.54 Å². The molecule has 0 spiro atoms. The third-order valence-corrected chi connectivity index (χ3v) is 4.87. The van der Waals surface area contributed by atoms with Crippen molar-refractivity contribution in [1.82, 2.24) is 4.90 Å². The Morgan fingerprint density at radius 2 is 1.94 bits per heavy atom. The lowest BCUT2D eigenvalue weighted by Crippen LogP contribution is -2.40. The van der Waals surface area contributed by atoms with Gasteiger partial charge in [-0.2, -0.15) is 11.8 Å². The first kappa shape index (κ1) is 13.8. The normalized spacial score (nSPS) is 19.9. The number of likely N-dealkylation sites (tertiary alicyclic amines) is 1. The first-order valence-electron chi connectivity index (χ1n) is 6.47. The first-order valence-corrected chi connectivity index (χ1v) is 7.75. The number of benzene rings is 1. The molecule has 1 heterocycles. The minimum absolute atomic E-state index is 0.185. The maximum atomic E-state index is 12.9. The van der Waals surface area contributed by atoms with Crippen molar-refractivity contribution in [3.8, 4) is 0 Å². The zero-order chi connectivity index (χ0) is 13.0. The quantitative estimate of drug-likeness (QED) is 0.910. The molecule has 0 amide bonds. The van der Waals surface area contributed by atoms with Gasteiger partial charge in [0.1, 0.15) is 5.82 Å². The minimum atomic E-state index is -0.185. The van der Waals surface area contributed by atoms with Crippen LogP contribution in [0.25, 0.3) is 0 Å². The van der Waals surface area contributed by atoms with Gasteiger partial charge in [-0.15, -0.1) is 0 Å². The van der Waals surface area contributed by atoms with E-state index in [1.165, 1.54) is 25.0 Å². The van der Waals surface area contributed by atoms with Gasteiger partial charge in [0.15, 0.2) is 0 Å². The molecule has 18 heavy (non-hydrogen) atoms. The van der Waals surface area contributed by atoms with Gasteiger partial charge >= 0.3 is 0 Å². The molecule has 4 heteroatoms. The average Bonchev–Trinajstić information content (AvgIpc) is 2.42. The molecule has 2 N–H and O–H groups in total. The molecule has 1 unspecified atom stereocenters. The van der Waals surface area contributed by atoms with Crippen LogP contribution in [0.4, 0.5) is 4.39 Å². The van der Waals surface area contributed by atoms with Crippen LogP contribution in [0, 0.1) is 5.82 Å². The fourth-order valence-electron chi connectivity index (χ4n) is 2.60. The van der Waals surface area contributed by atoms with Crippen LogP contribution in [0.1, 0.15) is 24.4 Å². The fraction of sp³-hybridized carbons (Fsp3) is 0.571. The molecule has 0 aliphatic carbocycles. The molecule has 1 saturated heterocycles. The van der Waals surface area contributed by atoms with Crippen molar-refractivity contribution in [2.45, 2.75) is 24.1 Å². The van der Waals surface area contributed by atoms with E-state index in [-0.39, 0.29) is 11.9 Å². The number of hydrogen-bond acceptors (Lipinski definition) is 3. The standard InChI is InChI=1S/C14H21FN2S/c1-18-13-6-8-17(9-7-13)14(10-16)11-2-4-12(15)5-3-11/h2-5,13-14H,6-10,16H2,1H3. The first-order chi connectivity index (χ1) is 8.74. The summed E-state index contributed by atoms with van der Waals surface area (Å²) in [4.78, 5) is 2.43.